The summed E-state index contributed by atoms with van der Waals surface area (Å²) in [5.41, 5.74) is 10.3. The Balaban J connectivity index is 1.78. The number of nitrogens with two attached hydrogens (primary N) is 1. The van der Waals surface area contributed by atoms with E-state index in [1.54, 1.807) is 6.33 Å². The molecule has 23 heavy (non-hydrogen) atoms. The largest absolute Gasteiger partial charge is 0.347 e. The lowest BCUT2D eigenvalue weighted by Crippen LogP contribution is -2.15. The smallest absolute Gasteiger partial charge is 0.276 e. The molecule has 0 aliphatic heterocycles. The second kappa shape index (κ2) is 6.05. The van der Waals surface area contributed by atoms with Gasteiger partial charge >= 0.3 is 0 Å². The number of aryl methyl sites for hydroxylation is 1. The third-order valence-corrected chi connectivity index (χ3v) is 3.79. The Labute approximate surface area is 133 Å². The van der Waals surface area contributed by atoms with Gasteiger partial charge in [0.2, 0.25) is 0 Å². The molecule has 7 heteroatoms. The molecule has 4 N–H and O–H groups in total. The molecule has 3 rings (SSSR count). The highest BCUT2D eigenvalue weighted by atomic mass is 16.1. The van der Waals surface area contributed by atoms with Crippen molar-refractivity contribution >= 4 is 11.6 Å². The van der Waals surface area contributed by atoms with Crippen molar-refractivity contribution in [3.05, 3.63) is 59.7 Å². The Morgan fingerprint density at radius 3 is 2.61 bits per heavy atom. The molecule has 2 aromatic heterocycles. The number of rotatable bonds is 4. The van der Waals surface area contributed by atoms with Gasteiger partial charge in [-0.25, -0.2) is 9.97 Å². The van der Waals surface area contributed by atoms with Crippen molar-refractivity contribution in [2.45, 2.75) is 20.4 Å². The lowest BCUT2D eigenvalue weighted by molar-refractivity contribution is 0.102. The zero-order chi connectivity index (χ0) is 16.4. The summed E-state index contributed by atoms with van der Waals surface area (Å²) in [6, 6.07) is 7.55. The van der Waals surface area contributed by atoms with Crippen LogP contribution in [0.2, 0.25) is 0 Å². The lowest BCUT2D eigenvalue weighted by atomic mass is 10.2. The van der Waals surface area contributed by atoms with Crippen LogP contribution in [0.3, 0.4) is 0 Å². The predicted octanol–water partition coefficient (Wildman–Crippen LogP) is 1.92. The van der Waals surface area contributed by atoms with Crippen molar-refractivity contribution in [2.24, 2.45) is 5.73 Å². The maximum atomic E-state index is 12.2. The number of anilines is 1. The molecule has 0 unspecified atom stereocenters. The van der Waals surface area contributed by atoms with Crippen molar-refractivity contribution in [2.75, 3.05) is 5.32 Å². The number of imidazole rings is 2. The van der Waals surface area contributed by atoms with Gasteiger partial charge in [-0.05, 0) is 38.1 Å². The normalized spacial score (nSPS) is 10.7. The summed E-state index contributed by atoms with van der Waals surface area (Å²) in [5, 5.41) is 2.82. The van der Waals surface area contributed by atoms with Crippen LogP contribution in [-0.4, -0.2) is 25.4 Å². The average Bonchev–Trinajstić information content (AvgIpc) is 3.16. The van der Waals surface area contributed by atoms with Gasteiger partial charge in [0.25, 0.3) is 5.91 Å². The van der Waals surface area contributed by atoms with Crippen LogP contribution in [0.1, 0.15) is 27.6 Å². The van der Waals surface area contributed by atoms with Crippen LogP contribution in [0.25, 0.3) is 5.69 Å². The number of carbonyl (C=O) groups excluding carboxylic acids is 1. The van der Waals surface area contributed by atoms with Crippen LogP contribution >= 0.6 is 0 Å². The highest BCUT2D eigenvalue weighted by Crippen LogP contribution is 2.17. The molecule has 3 aromatic rings. The molecule has 0 atom stereocenters. The second-order valence-corrected chi connectivity index (χ2v) is 5.22. The molecule has 0 fully saturated rings. The average molecular weight is 310 g/mol. The van der Waals surface area contributed by atoms with Crippen molar-refractivity contribution in [1.82, 2.24) is 19.5 Å². The molecule has 1 amide bonds. The van der Waals surface area contributed by atoms with Crippen LogP contribution < -0.4 is 11.1 Å². The van der Waals surface area contributed by atoms with E-state index in [-0.39, 0.29) is 12.5 Å². The minimum absolute atomic E-state index is 0.237. The first-order valence-electron chi connectivity index (χ1n) is 7.24. The number of benzene rings is 1. The summed E-state index contributed by atoms with van der Waals surface area (Å²) in [6.07, 6.45) is 3.25. The van der Waals surface area contributed by atoms with Crippen LogP contribution in [0.5, 0.6) is 0 Å². The highest BCUT2D eigenvalue weighted by Gasteiger charge is 2.13. The number of amides is 1. The van der Waals surface area contributed by atoms with E-state index in [4.69, 9.17) is 5.73 Å². The zero-order valence-electron chi connectivity index (χ0n) is 13.0. The van der Waals surface area contributed by atoms with Crippen LogP contribution in [0.4, 0.5) is 5.69 Å². The number of nitrogens with one attached hydrogen (secondary N) is 2. The molecule has 0 aliphatic carbocycles. The molecule has 0 aliphatic rings. The fourth-order valence-electron chi connectivity index (χ4n) is 2.33. The van der Waals surface area contributed by atoms with Gasteiger partial charge in [-0.2, -0.15) is 0 Å². The van der Waals surface area contributed by atoms with Gasteiger partial charge in [0.1, 0.15) is 0 Å². The van der Waals surface area contributed by atoms with Gasteiger partial charge < -0.3 is 20.6 Å². The van der Waals surface area contributed by atoms with Crippen molar-refractivity contribution < 1.29 is 4.79 Å². The van der Waals surface area contributed by atoms with Crippen molar-refractivity contribution in [1.29, 1.82) is 0 Å². The summed E-state index contributed by atoms with van der Waals surface area (Å²) in [5.74, 6) is -0.283. The van der Waals surface area contributed by atoms with E-state index in [2.05, 4.69) is 20.3 Å². The molecule has 7 nitrogen and oxygen atoms in total. The van der Waals surface area contributed by atoms with Crippen LogP contribution in [-0.2, 0) is 6.54 Å². The monoisotopic (exact) mass is 310 g/mol. The standard InChI is InChI=1S/C16H18N6O/c1-10-11(2)22(9-20-10)13-5-3-12(4-6-13)21-16(23)15-14(7-17)18-8-19-15/h3-6,8-9H,7,17H2,1-2H3,(H,18,19)(H,21,23). The third kappa shape index (κ3) is 2.86. The second-order valence-electron chi connectivity index (χ2n) is 5.22. The quantitative estimate of drug-likeness (QED) is 0.685. The minimum atomic E-state index is -0.283. The first kappa shape index (κ1) is 15.0. The molecule has 0 saturated carbocycles. The number of aromatic nitrogens is 4. The highest BCUT2D eigenvalue weighted by molar-refractivity contribution is 6.03. The Kier molecular flexibility index (Phi) is 3.94. The minimum Gasteiger partial charge on any atom is -0.347 e. The summed E-state index contributed by atoms with van der Waals surface area (Å²) < 4.78 is 2.00. The molecule has 0 radical (unpaired) electrons. The van der Waals surface area contributed by atoms with Crippen molar-refractivity contribution in [3.63, 3.8) is 0 Å². The summed E-state index contributed by atoms with van der Waals surface area (Å²) >= 11 is 0. The van der Waals surface area contributed by atoms with E-state index in [1.165, 1.54) is 6.33 Å². The fraction of sp³-hybridized carbons (Fsp3) is 0.188. The number of carbonyl (C=O) groups is 1. The SMILES string of the molecule is Cc1ncn(-c2ccc(NC(=O)c3nc[nH]c3CN)cc2)c1C. The Bertz CT molecular complexity index is 831. The number of hydrogen-bond donors (Lipinski definition) is 3. The topological polar surface area (TPSA) is 102 Å². The Hall–Kier alpha value is -2.93. The van der Waals surface area contributed by atoms with E-state index >= 15 is 0 Å². The first-order chi connectivity index (χ1) is 11.1. The Morgan fingerprint density at radius 2 is 2.00 bits per heavy atom. The summed E-state index contributed by atoms with van der Waals surface area (Å²) in [4.78, 5) is 23.3. The van der Waals surface area contributed by atoms with Gasteiger partial charge in [0, 0.05) is 23.6 Å². The molecule has 0 bridgehead atoms. The summed E-state index contributed by atoms with van der Waals surface area (Å²) in [6.45, 7) is 4.23. The summed E-state index contributed by atoms with van der Waals surface area (Å²) in [7, 11) is 0. The van der Waals surface area contributed by atoms with Gasteiger partial charge in [0.15, 0.2) is 5.69 Å². The first-order valence-corrected chi connectivity index (χ1v) is 7.24. The maximum absolute atomic E-state index is 12.2. The van der Waals surface area contributed by atoms with E-state index in [0.29, 0.717) is 17.1 Å². The van der Waals surface area contributed by atoms with Crippen LogP contribution in [0.15, 0.2) is 36.9 Å². The maximum Gasteiger partial charge on any atom is 0.276 e. The van der Waals surface area contributed by atoms with Crippen LogP contribution in [0, 0.1) is 13.8 Å². The Morgan fingerprint density at radius 1 is 1.26 bits per heavy atom. The molecule has 0 spiro atoms. The van der Waals surface area contributed by atoms with Gasteiger partial charge in [-0.1, -0.05) is 0 Å². The molecular formula is C16H18N6O. The molecule has 2 heterocycles. The zero-order valence-corrected chi connectivity index (χ0v) is 13.0. The van der Waals surface area contributed by atoms with Gasteiger partial charge in [-0.15, -0.1) is 0 Å². The van der Waals surface area contributed by atoms with E-state index in [9.17, 15) is 4.79 Å². The van der Waals surface area contributed by atoms with Gasteiger partial charge in [0.05, 0.1) is 24.0 Å². The number of aromatic amines is 1. The number of H-pyrrole nitrogens is 1. The predicted molar refractivity (Wildman–Crippen MR) is 87.5 cm³/mol. The van der Waals surface area contributed by atoms with E-state index < -0.39 is 0 Å². The van der Waals surface area contributed by atoms with Crippen molar-refractivity contribution in [3.8, 4) is 5.69 Å². The molecular weight excluding hydrogens is 292 g/mol. The number of hydrogen-bond acceptors (Lipinski definition) is 4. The molecule has 0 saturated heterocycles. The van der Waals surface area contributed by atoms with E-state index in [1.807, 2.05) is 42.7 Å². The molecule has 118 valence electrons. The number of nitrogens with zero attached hydrogens (tertiary/aromatic N) is 3. The molecule has 1 aromatic carbocycles. The van der Waals surface area contributed by atoms with Gasteiger partial charge in [-0.3, -0.25) is 4.79 Å². The fourth-order valence-corrected chi connectivity index (χ4v) is 2.33. The lowest BCUT2D eigenvalue weighted by Gasteiger charge is -2.08. The third-order valence-electron chi connectivity index (χ3n) is 3.79. The van der Waals surface area contributed by atoms with E-state index in [0.717, 1.165) is 17.1 Å².